The van der Waals surface area contributed by atoms with E-state index in [1.807, 2.05) is 21.1 Å². The fourth-order valence-electron chi connectivity index (χ4n) is 5.98. The summed E-state index contributed by atoms with van der Waals surface area (Å²) in [4.78, 5) is 35.4. The first-order valence-corrected chi connectivity index (χ1v) is 24.5. The summed E-state index contributed by atoms with van der Waals surface area (Å²) < 4.78 is 34.3. The van der Waals surface area contributed by atoms with Gasteiger partial charge in [0.15, 0.2) is 6.10 Å². The summed E-state index contributed by atoms with van der Waals surface area (Å²) in [5.41, 5.74) is 0. The van der Waals surface area contributed by atoms with Crippen LogP contribution < -0.4 is 0 Å². The molecule has 0 aliphatic rings. The first-order valence-electron chi connectivity index (χ1n) is 23.0. The van der Waals surface area contributed by atoms with E-state index in [0.29, 0.717) is 17.4 Å². The number of nitrogens with zero attached hydrogens (tertiary/aromatic N) is 1. The molecule has 0 aliphatic heterocycles. The zero-order valence-electron chi connectivity index (χ0n) is 37.8. The Kier molecular flexibility index (Phi) is 38.5. The Morgan fingerprint density at radius 3 is 1.47 bits per heavy atom. The van der Waals surface area contributed by atoms with E-state index >= 15 is 0 Å². The van der Waals surface area contributed by atoms with Crippen LogP contribution in [0.1, 0.15) is 181 Å². The molecule has 0 fully saturated rings. The van der Waals surface area contributed by atoms with Gasteiger partial charge in [0.05, 0.1) is 27.7 Å². The number of likely N-dealkylation sites (N-methyl/N-ethyl adjacent to an activating group) is 1. The Bertz CT molecular complexity index is 1170. The van der Waals surface area contributed by atoms with Crippen molar-refractivity contribution in [2.24, 2.45) is 0 Å². The third kappa shape index (κ3) is 43.3. The molecule has 1 unspecified atom stereocenters. The molecule has 0 aliphatic carbocycles. The number of quaternary nitrogens is 1. The van der Waals surface area contributed by atoms with Gasteiger partial charge in [0, 0.05) is 12.8 Å². The summed E-state index contributed by atoms with van der Waals surface area (Å²) >= 11 is 0. The lowest BCUT2D eigenvalue weighted by molar-refractivity contribution is -0.870. The number of carbonyl (C=O) groups is 2. The second-order valence-electron chi connectivity index (χ2n) is 16.4. The predicted molar refractivity (Wildman–Crippen MR) is 243 cm³/mol. The fourth-order valence-corrected chi connectivity index (χ4v) is 6.72. The largest absolute Gasteiger partial charge is 0.472 e. The summed E-state index contributed by atoms with van der Waals surface area (Å²) in [6.45, 7) is 4.27. The van der Waals surface area contributed by atoms with Crippen molar-refractivity contribution in [2.75, 3.05) is 47.5 Å². The van der Waals surface area contributed by atoms with Crippen LogP contribution in [0.25, 0.3) is 0 Å². The van der Waals surface area contributed by atoms with Crippen molar-refractivity contribution in [3.63, 3.8) is 0 Å². The predicted octanol–water partition coefficient (Wildman–Crippen LogP) is 13.2. The number of carbonyl (C=O) groups excluding carboxylic acids is 2. The van der Waals surface area contributed by atoms with Gasteiger partial charge in [0.1, 0.15) is 19.8 Å². The third-order valence-corrected chi connectivity index (χ3v) is 10.5. The summed E-state index contributed by atoms with van der Waals surface area (Å²) in [7, 11) is 1.45. The Hall–Kier alpha value is -2.29. The Balaban J connectivity index is 4.40. The molecular weight excluding hydrogens is 750 g/mol. The van der Waals surface area contributed by atoms with Crippen LogP contribution >= 0.6 is 7.82 Å². The van der Waals surface area contributed by atoms with Gasteiger partial charge in [-0.1, -0.05) is 171 Å². The molecule has 2 atom stereocenters. The molecule has 1 N–H and O–H groups in total. The van der Waals surface area contributed by atoms with Gasteiger partial charge in [-0.25, -0.2) is 4.57 Å². The molecule has 0 bridgehead atoms. The molecule has 0 amide bonds. The van der Waals surface area contributed by atoms with E-state index in [0.717, 1.165) is 70.6 Å². The van der Waals surface area contributed by atoms with Gasteiger partial charge in [-0.15, -0.1) is 0 Å². The van der Waals surface area contributed by atoms with Gasteiger partial charge < -0.3 is 18.9 Å². The topological polar surface area (TPSA) is 108 Å². The van der Waals surface area contributed by atoms with Crippen molar-refractivity contribution in [3.05, 3.63) is 60.8 Å². The van der Waals surface area contributed by atoms with Crippen LogP contribution in [0.2, 0.25) is 0 Å². The number of rotatable bonds is 41. The maximum absolute atomic E-state index is 12.7. The summed E-state index contributed by atoms with van der Waals surface area (Å²) in [6.07, 6.45) is 48.4. The highest BCUT2D eigenvalue weighted by molar-refractivity contribution is 7.47. The maximum Gasteiger partial charge on any atom is 0.472 e. The smallest absolute Gasteiger partial charge is 0.462 e. The van der Waals surface area contributed by atoms with E-state index in [1.165, 1.54) is 77.0 Å². The number of hydrogen-bond acceptors (Lipinski definition) is 7. The van der Waals surface area contributed by atoms with Crippen LogP contribution in [-0.4, -0.2) is 74.9 Å². The van der Waals surface area contributed by atoms with Crippen molar-refractivity contribution in [1.82, 2.24) is 0 Å². The number of allylic oxidation sites excluding steroid dienone is 10. The van der Waals surface area contributed by atoms with Crippen molar-refractivity contribution in [2.45, 2.75) is 187 Å². The molecule has 0 heterocycles. The lowest BCUT2D eigenvalue weighted by Crippen LogP contribution is -2.37. The highest BCUT2D eigenvalue weighted by Gasteiger charge is 2.27. The number of esters is 2. The Morgan fingerprint density at radius 1 is 0.552 bits per heavy atom. The van der Waals surface area contributed by atoms with Crippen LogP contribution in [0.5, 0.6) is 0 Å². The van der Waals surface area contributed by atoms with Crippen LogP contribution in [0.4, 0.5) is 0 Å². The molecule has 0 rings (SSSR count). The lowest BCUT2D eigenvalue weighted by Gasteiger charge is -2.24. The number of ether oxygens (including phenoxy) is 2. The van der Waals surface area contributed by atoms with Crippen molar-refractivity contribution >= 4 is 19.8 Å². The molecule has 0 aromatic rings. The minimum absolute atomic E-state index is 0.0234. The van der Waals surface area contributed by atoms with Gasteiger partial charge in [0.25, 0.3) is 0 Å². The average molecular weight is 837 g/mol. The highest BCUT2D eigenvalue weighted by Crippen LogP contribution is 2.43. The summed E-state index contributed by atoms with van der Waals surface area (Å²) in [6, 6.07) is 0. The van der Waals surface area contributed by atoms with Crippen molar-refractivity contribution < 1.29 is 42.1 Å². The molecule has 0 aromatic carbocycles. The Morgan fingerprint density at radius 2 is 0.983 bits per heavy atom. The van der Waals surface area contributed by atoms with Crippen LogP contribution in [0.15, 0.2) is 60.8 Å². The molecule has 9 nitrogen and oxygen atoms in total. The van der Waals surface area contributed by atoms with E-state index in [2.05, 4.69) is 74.6 Å². The molecule has 0 saturated heterocycles. The van der Waals surface area contributed by atoms with Crippen molar-refractivity contribution in [3.8, 4) is 0 Å². The third-order valence-electron chi connectivity index (χ3n) is 9.56. The standard InChI is InChI=1S/C48H86NO8P/c1-6-8-10-12-14-16-18-20-22-23-24-25-27-29-31-33-35-37-39-41-48(51)57-46(45-56-58(52,53)55-43-42-49(3,4)5)44-54-47(50)40-38-36-34-32-30-28-26-21-19-17-15-13-11-9-7-2/h8,10,14,16,20,22,24-25,29,31,46H,6-7,9,11-13,15,17-19,21,23,26-28,30,32-45H2,1-5H3/p+1/b10-8+,16-14+,22-20+,25-24+,31-29+/t46-/m1/s1. The summed E-state index contributed by atoms with van der Waals surface area (Å²) in [5.74, 6) is -0.835. The molecule has 10 heteroatoms. The number of hydrogen-bond donors (Lipinski definition) is 1. The van der Waals surface area contributed by atoms with Gasteiger partial charge in [-0.2, -0.15) is 0 Å². The monoisotopic (exact) mass is 837 g/mol. The molecule has 0 radical (unpaired) electrons. The quantitative estimate of drug-likeness (QED) is 0.0213. The SMILES string of the molecule is CC/C=C/C/C=C/C/C=C/C/C=C/C/C=C/CCCCCC(=O)O[C@H](COC(=O)CCCCCCCCCCCCCCCCC)COP(=O)(O)OCC[N+](C)(C)C. The normalized spacial score (nSPS) is 14.1. The van der Waals surface area contributed by atoms with E-state index in [9.17, 15) is 19.0 Å². The number of unbranched alkanes of at least 4 members (excludes halogenated alkanes) is 17. The van der Waals surface area contributed by atoms with Crippen LogP contribution in [0, 0.1) is 0 Å². The summed E-state index contributed by atoms with van der Waals surface area (Å²) in [5, 5.41) is 0. The molecule has 0 aromatic heterocycles. The van der Waals surface area contributed by atoms with Gasteiger partial charge in [0.2, 0.25) is 0 Å². The second kappa shape index (κ2) is 40.1. The molecule has 0 spiro atoms. The number of phosphoric ester groups is 1. The van der Waals surface area contributed by atoms with E-state index in [4.69, 9.17) is 18.5 Å². The van der Waals surface area contributed by atoms with Gasteiger partial charge in [-0.05, 0) is 57.8 Å². The maximum atomic E-state index is 12.7. The zero-order chi connectivity index (χ0) is 42.8. The zero-order valence-corrected chi connectivity index (χ0v) is 38.7. The molecular formula is C48H87NO8P+. The highest BCUT2D eigenvalue weighted by atomic mass is 31.2. The minimum atomic E-state index is -4.39. The first kappa shape index (κ1) is 55.7. The molecule has 58 heavy (non-hydrogen) atoms. The Labute approximate surface area is 356 Å². The van der Waals surface area contributed by atoms with Crippen molar-refractivity contribution in [1.29, 1.82) is 0 Å². The second-order valence-corrected chi connectivity index (χ2v) is 17.9. The number of phosphoric acid groups is 1. The van der Waals surface area contributed by atoms with E-state index in [-0.39, 0.29) is 32.0 Å². The van der Waals surface area contributed by atoms with Gasteiger partial charge >= 0.3 is 19.8 Å². The lowest BCUT2D eigenvalue weighted by atomic mass is 10.0. The van der Waals surface area contributed by atoms with E-state index < -0.39 is 26.5 Å². The first-order chi connectivity index (χ1) is 28.0. The van der Waals surface area contributed by atoms with E-state index in [1.54, 1.807) is 0 Å². The van der Waals surface area contributed by atoms with Gasteiger partial charge in [-0.3, -0.25) is 18.6 Å². The minimum Gasteiger partial charge on any atom is -0.462 e. The average Bonchev–Trinajstić information content (AvgIpc) is 3.17. The fraction of sp³-hybridized carbons (Fsp3) is 0.750. The molecule has 0 saturated carbocycles. The molecule has 336 valence electrons. The van der Waals surface area contributed by atoms with Crippen LogP contribution in [-0.2, 0) is 32.7 Å². The van der Waals surface area contributed by atoms with Crippen LogP contribution in [0.3, 0.4) is 0 Å².